The van der Waals surface area contributed by atoms with E-state index in [9.17, 15) is 22.8 Å². The third-order valence-electron chi connectivity index (χ3n) is 2.37. The Kier molecular flexibility index (Phi) is 3.31. The maximum Gasteiger partial charge on any atom is 0.425 e. The molecule has 2 aromatic rings. The van der Waals surface area contributed by atoms with Gasteiger partial charge in [0.05, 0.1) is 6.54 Å². The van der Waals surface area contributed by atoms with Crippen molar-refractivity contribution in [2.75, 3.05) is 0 Å². The number of hydrogen-bond donors (Lipinski definition) is 1. The summed E-state index contributed by atoms with van der Waals surface area (Å²) < 4.78 is 38.4. The van der Waals surface area contributed by atoms with E-state index in [0.717, 1.165) is 10.6 Å². The minimum absolute atomic E-state index is 0.0603. The average Bonchev–Trinajstić information content (AvgIpc) is 2.71. The van der Waals surface area contributed by atoms with Crippen molar-refractivity contribution in [3.63, 3.8) is 0 Å². The molecule has 0 atom stereocenters. The summed E-state index contributed by atoms with van der Waals surface area (Å²) in [5, 5.41) is 0. The van der Waals surface area contributed by atoms with Gasteiger partial charge in [-0.25, -0.2) is 9.59 Å². The van der Waals surface area contributed by atoms with Gasteiger partial charge in [-0.15, -0.1) is 11.3 Å². The molecule has 0 fully saturated rings. The van der Waals surface area contributed by atoms with Crippen LogP contribution in [0.5, 0.6) is 0 Å². The van der Waals surface area contributed by atoms with Gasteiger partial charge in [-0.2, -0.15) is 18.2 Å². The highest BCUT2D eigenvalue weighted by Crippen LogP contribution is 2.34. The number of halogens is 3. The number of hydrogen-bond acceptors (Lipinski definition) is 4. The van der Waals surface area contributed by atoms with Crippen molar-refractivity contribution in [1.82, 2.24) is 14.5 Å². The van der Waals surface area contributed by atoms with E-state index in [1.54, 1.807) is 0 Å². The first-order valence-corrected chi connectivity index (χ1v) is 5.92. The fraction of sp³-hybridized carbons (Fsp3) is 0.300. The molecule has 2 rings (SSSR count). The number of rotatable bonds is 2. The van der Waals surface area contributed by atoms with Gasteiger partial charge in [0.15, 0.2) is 0 Å². The van der Waals surface area contributed by atoms with Crippen LogP contribution in [-0.2, 0) is 12.7 Å². The predicted molar refractivity (Wildman–Crippen MR) is 62.3 cm³/mol. The molecule has 2 heterocycles. The van der Waals surface area contributed by atoms with Crippen LogP contribution in [0.25, 0.3) is 0 Å². The van der Waals surface area contributed by atoms with Gasteiger partial charge < -0.3 is 0 Å². The molecule has 2 aromatic heterocycles. The maximum absolute atomic E-state index is 12.4. The van der Waals surface area contributed by atoms with Gasteiger partial charge in [0.25, 0.3) is 0 Å². The highest BCUT2D eigenvalue weighted by molar-refractivity contribution is 7.12. The molecule has 0 saturated heterocycles. The number of H-pyrrole nitrogens is 1. The molecule has 5 nitrogen and oxygen atoms in total. The molecule has 0 unspecified atom stereocenters. The van der Waals surface area contributed by atoms with E-state index in [-0.39, 0.29) is 12.4 Å². The molecular weight excluding hydrogens is 283 g/mol. The summed E-state index contributed by atoms with van der Waals surface area (Å²) in [4.78, 5) is 27.5. The van der Waals surface area contributed by atoms with Crippen LogP contribution in [0.2, 0.25) is 0 Å². The van der Waals surface area contributed by atoms with Gasteiger partial charge in [0.1, 0.15) is 10.7 Å². The fourth-order valence-electron chi connectivity index (χ4n) is 1.50. The SMILES string of the molecule is Cc1nc(=O)[nH]c(=O)n1Cc1ccc(C(F)(F)F)s1. The maximum atomic E-state index is 12.4. The first-order valence-electron chi connectivity index (χ1n) is 5.11. The summed E-state index contributed by atoms with van der Waals surface area (Å²) >= 11 is 0.552. The van der Waals surface area contributed by atoms with E-state index in [0.29, 0.717) is 16.2 Å². The quantitative estimate of drug-likeness (QED) is 0.908. The lowest BCUT2D eigenvalue weighted by atomic mass is 10.4. The third-order valence-corrected chi connectivity index (χ3v) is 3.48. The van der Waals surface area contributed by atoms with Crippen molar-refractivity contribution < 1.29 is 13.2 Å². The van der Waals surface area contributed by atoms with Crippen LogP contribution < -0.4 is 11.4 Å². The second-order valence-corrected chi connectivity index (χ2v) is 4.91. The molecular formula is C10H8F3N3O2S. The Morgan fingerprint density at radius 1 is 1.37 bits per heavy atom. The zero-order valence-corrected chi connectivity index (χ0v) is 10.4. The lowest BCUT2D eigenvalue weighted by Crippen LogP contribution is -2.33. The van der Waals surface area contributed by atoms with Crippen molar-refractivity contribution in [1.29, 1.82) is 0 Å². The summed E-state index contributed by atoms with van der Waals surface area (Å²) in [5.41, 5.74) is -1.47. The number of alkyl halides is 3. The van der Waals surface area contributed by atoms with Crippen LogP contribution in [0, 0.1) is 6.92 Å². The largest absolute Gasteiger partial charge is 0.425 e. The molecule has 0 bridgehead atoms. The van der Waals surface area contributed by atoms with Gasteiger partial charge in [-0.3, -0.25) is 9.55 Å². The zero-order chi connectivity index (χ0) is 14.2. The minimum atomic E-state index is -4.40. The zero-order valence-electron chi connectivity index (χ0n) is 9.61. The van der Waals surface area contributed by atoms with Gasteiger partial charge >= 0.3 is 17.6 Å². The van der Waals surface area contributed by atoms with Gasteiger partial charge in [-0.1, -0.05) is 0 Å². The Balaban J connectivity index is 2.35. The van der Waals surface area contributed by atoms with Gasteiger partial charge in [-0.05, 0) is 19.1 Å². The number of aromatic nitrogens is 3. The number of aryl methyl sites for hydroxylation is 1. The lowest BCUT2D eigenvalue weighted by Gasteiger charge is -2.05. The van der Waals surface area contributed by atoms with E-state index in [1.807, 2.05) is 4.98 Å². The minimum Gasteiger partial charge on any atom is -0.276 e. The number of nitrogens with one attached hydrogen (secondary N) is 1. The van der Waals surface area contributed by atoms with E-state index >= 15 is 0 Å². The topological polar surface area (TPSA) is 67.8 Å². The number of nitrogens with zero attached hydrogens (tertiary/aromatic N) is 2. The molecule has 0 aliphatic rings. The Bertz CT molecular complexity index is 714. The molecule has 102 valence electrons. The summed E-state index contributed by atoms with van der Waals surface area (Å²) in [6, 6.07) is 2.25. The lowest BCUT2D eigenvalue weighted by molar-refractivity contribution is -0.134. The Morgan fingerprint density at radius 2 is 2.05 bits per heavy atom. The molecule has 0 aromatic carbocycles. The van der Waals surface area contributed by atoms with E-state index in [1.165, 1.54) is 13.0 Å². The van der Waals surface area contributed by atoms with Crippen LogP contribution in [0.1, 0.15) is 15.6 Å². The smallest absolute Gasteiger partial charge is 0.276 e. The summed E-state index contributed by atoms with van der Waals surface area (Å²) in [7, 11) is 0. The van der Waals surface area contributed by atoms with Crippen LogP contribution in [0.15, 0.2) is 21.7 Å². The van der Waals surface area contributed by atoms with Crippen molar-refractivity contribution in [2.24, 2.45) is 0 Å². The molecule has 0 amide bonds. The second kappa shape index (κ2) is 4.65. The Labute approximate surface area is 108 Å². The Morgan fingerprint density at radius 3 is 2.58 bits per heavy atom. The average molecular weight is 291 g/mol. The molecule has 0 spiro atoms. The molecule has 0 radical (unpaired) electrons. The second-order valence-electron chi connectivity index (χ2n) is 3.74. The van der Waals surface area contributed by atoms with Crippen molar-refractivity contribution >= 4 is 11.3 Å². The molecule has 0 aliphatic carbocycles. The van der Waals surface area contributed by atoms with Gasteiger partial charge in [0, 0.05) is 4.88 Å². The monoisotopic (exact) mass is 291 g/mol. The summed E-state index contributed by atoms with van der Waals surface area (Å²) in [6.07, 6.45) is -4.40. The van der Waals surface area contributed by atoms with Gasteiger partial charge in [0.2, 0.25) is 0 Å². The highest BCUT2D eigenvalue weighted by Gasteiger charge is 2.32. The predicted octanol–water partition coefficient (Wildman–Crippen LogP) is 1.37. The first kappa shape index (κ1) is 13.5. The van der Waals surface area contributed by atoms with Crippen LogP contribution >= 0.6 is 11.3 Å². The van der Waals surface area contributed by atoms with Crippen molar-refractivity contribution in [3.05, 3.63) is 48.7 Å². The highest BCUT2D eigenvalue weighted by atomic mass is 32.1. The molecule has 1 N–H and O–H groups in total. The molecule has 0 aliphatic heterocycles. The Hall–Kier alpha value is -1.90. The van der Waals surface area contributed by atoms with E-state index in [4.69, 9.17) is 0 Å². The van der Waals surface area contributed by atoms with Crippen LogP contribution in [0.3, 0.4) is 0 Å². The standard InChI is InChI=1S/C10H8F3N3O2S/c1-5-14-8(17)15-9(18)16(5)4-6-2-3-7(19-6)10(11,12)13/h2-3H,4H2,1H3,(H,15,17,18). The van der Waals surface area contributed by atoms with Crippen LogP contribution in [0.4, 0.5) is 13.2 Å². The van der Waals surface area contributed by atoms with E-state index in [2.05, 4.69) is 4.98 Å². The summed E-state index contributed by atoms with van der Waals surface area (Å²) in [6.45, 7) is 1.38. The number of aromatic amines is 1. The summed E-state index contributed by atoms with van der Waals surface area (Å²) in [5.74, 6) is 0.149. The van der Waals surface area contributed by atoms with Crippen molar-refractivity contribution in [3.8, 4) is 0 Å². The third kappa shape index (κ3) is 2.92. The van der Waals surface area contributed by atoms with Crippen LogP contribution in [-0.4, -0.2) is 14.5 Å². The molecule has 0 saturated carbocycles. The first-order chi connectivity index (χ1) is 8.77. The number of thiophene rings is 1. The normalized spacial score (nSPS) is 11.8. The fourth-order valence-corrected chi connectivity index (χ4v) is 2.36. The van der Waals surface area contributed by atoms with E-state index < -0.39 is 22.4 Å². The molecule has 9 heteroatoms. The van der Waals surface area contributed by atoms with Crippen molar-refractivity contribution in [2.45, 2.75) is 19.6 Å². The molecule has 19 heavy (non-hydrogen) atoms.